The third kappa shape index (κ3) is 7.00. The van der Waals surface area contributed by atoms with Gasteiger partial charge in [-0.1, -0.05) is 43.7 Å². The summed E-state index contributed by atoms with van der Waals surface area (Å²) < 4.78 is 0. The fourth-order valence-electron chi connectivity index (χ4n) is 1.94. The monoisotopic (exact) mass is 259 g/mol. The molecule has 0 saturated carbocycles. The first-order chi connectivity index (χ1) is 9.26. The normalized spacial score (nSPS) is 11.7. The van der Waals surface area contributed by atoms with E-state index in [9.17, 15) is 5.11 Å². The third-order valence-corrected chi connectivity index (χ3v) is 3.06. The van der Waals surface area contributed by atoms with Gasteiger partial charge in [-0.15, -0.1) is 0 Å². The molecule has 104 valence electrons. The zero-order valence-corrected chi connectivity index (χ0v) is 11.9. The highest BCUT2D eigenvalue weighted by Crippen LogP contribution is 2.07. The number of unbranched alkanes of at least 4 members (excludes halogenated alkanes) is 2. The van der Waals surface area contributed by atoms with Crippen LogP contribution < -0.4 is 5.73 Å². The van der Waals surface area contributed by atoms with E-state index in [2.05, 4.69) is 30.9 Å². The van der Waals surface area contributed by atoms with Gasteiger partial charge in [-0.2, -0.15) is 0 Å². The number of aliphatic hydroxyl groups excluding tert-OH is 1. The summed E-state index contributed by atoms with van der Waals surface area (Å²) in [5, 5.41) is 9.76. The van der Waals surface area contributed by atoms with Crippen molar-refractivity contribution in [3.8, 4) is 11.8 Å². The average molecular weight is 259 g/mol. The van der Waals surface area contributed by atoms with Crippen molar-refractivity contribution in [1.29, 1.82) is 0 Å². The van der Waals surface area contributed by atoms with Crippen molar-refractivity contribution in [1.82, 2.24) is 0 Å². The largest absolute Gasteiger partial charge is 0.380 e. The van der Waals surface area contributed by atoms with Gasteiger partial charge >= 0.3 is 0 Å². The minimum Gasteiger partial charge on any atom is -0.380 e. The second-order valence-corrected chi connectivity index (χ2v) is 4.87. The van der Waals surface area contributed by atoms with Crippen molar-refractivity contribution in [2.45, 2.75) is 51.6 Å². The molecule has 2 heteroatoms. The molecular formula is C17H25NO. The first kappa shape index (κ1) is 15.8. The molecule has 1 atom stereocenters. The Morgan fingerprint density at radius 3 is 2.84 bits per heavy atom. The Labute approximate surface area is 117 Å². The Hall–Kier alpha value is -1.30. The maximum Gasteiger partial charge on any atom is 0.115 e. The summed E-state index contributed by atoms with van der Waals surface area (Å²) in [7, 11) is 0. The van der Waals surface area contributed by atoms with Crippen LogP contribution in [0.2, 0.25) is 0 Å². The zero-order valence-electron chi connectivity index (χ0n) is 11.9. The molecule has 0 aromatic heterocycles. The van der Waals surface area contributed by atoms with Gasteiger partial charge in [-0.05, 0) is 49.9 Å². The van der Waals surface area contributed by atoms with E-state index >= 15 is 0 Å². The lowest BCUT2D eigenvalue weighted by molar-refractivity contribution is 0.217. The summed E-state index contributed by atoms with van der Waals surface area (Å²) in [5.41, 5.74) is 7.75. The van der Waals surface area contributed by atoms with Crippen LogP contribution in [0.4, 0.5) is 0 Å². The number of aliphatic hydroxyl groups is 1. The number of benzene rings is 1. The quantitative estimate of drug-likeness (QED) is 0.584. The smallest absolute Gasteiger partial charge is 0.115 e. The van der Waals surface area contributed by atoms with Crippen LogP contribution in [-0.2, 0) is 6.42 Å². The molecule has 1 aromatic rings. The predicted molar refractivity (Wildman–Crippen MR) is 80.8 cm³/mol. The van der Waals surface area contributed by atoms with Crippen LogP contribution in [0.5, 0.6) is 0 Å². The Balaban J connectivity index is 2.51. The van der Waals surface area contributed by atoms with Crippen LogP contribution in [0.15, 0.2) is 24.3 Å². The van der Waals surface area contributed by atoms with Crippen molar-refractivity contribution in [2.75, 3.05) is 6.54 Å². The van der Waals surface area contributed by atoms with Crippen LogP contribution in [0.25, 0.3) is 0 Å². The van der Waals surface area contributed by atoms with Gasteiger partial charge in [-0.25, -0.2) is 0 Å². The molecule has 0 aliphatic heterocycles. The second kappa shape index (κ2) is 9.61. The van der Waals surface area contributed by atoms with Crippen molar-refractivity contribution in [3.05, 3.63) is 35.4 Å². The first-order valence-electron chi connectivity index (χ1n) is 7.25. The van der Waals surface area contributed by atoms with Gasteiger partial charge in [-0.3, -0.25) is 0 Å². The van der Waals surface area contributed by atoms with Gasteiger partial charge in [0.15, 0.2) is 0 Å². The predicted octanol–water partition coefficient (Wildman–Crippen LogP) is 2.87. The van der Waals surface area contributed by atoms with E-state index < -0.39 is 6.10 Å². The number of hydrogen-bond donors (Lipinski definition) is 2. The highest BCUT2D eigenvalue weighted by Gasteiger charge is 1.98. The van der Waals surface area contributed by atoms with Gasteiger partial charge in [0.05, 0.1) is 0 Å². The second-order valence-electron chi connectivity index (χ2n) is 4.87. The molecule has 3 N–H and O–H groups in total. The van der Waals surface area contributed by atoms with Gasteiger partial charge in [0, 0.05) is 5.56 Å². The molecule has 0 aliphatic carbocycles. The molecule has 0 amide bonds. The molecule has 2 nitrogen and oxygen atoms in total. The van der Waals surface area contributed by atoms with Crippen molar-refractivity contribution >= 4 is 0 Å². The van der Waals surface area contributed by atoms with E-state index in [1.165, 1.54) is 12.0 Å². The molecule has 0 heterocycles. The number of hydrogen-bond acceptors (Lipinski definition) is 2. The Kier molecular flexibility index (Phi) is 7.97. The fourth-order valence-corrected chi connectivity index (χ4v) is 1.94. The van der Waals surface area contributed by atoms with Gasteiger partial charge in [0.1, 0.15) is 6.10 Å². The molecule has 0 bridgehead atoms. The van der Waals surface area contributed by atoms with Crippen LogP contribution >= 0.6 is 0 Å². The first-order valence-corrected chi connectivity index (χ1v) is 7.25. The summed E-state index contributed by atoms with van der Waals surface area (Å²) in [6.45, 7) is 2.87. The molecule has 0 spiro atoms. The Morgan fingerprint density at radius 1 is 1.26 bits per heavy atom. The summed E-state index contributed by atoms with van der Waals surface area (Å²) in [4.78, 5) is 0. The highest BCUT2D eigenvalue weighted by molar-refractivity contribution is 5.37. The Bertz CT molecular complexity index is 417. The lowest BCUT2D eigenvalue weighted by Gasteiger charge is -2.02. The van der Waals surface area contributed by atoms with Crippen LogP contribution in [0.1, 0.15) is 50.2 Å². The van der Waals surface area contributed by atoms with Gasteiger partial charge in [0.2, 0.25) is 0 Å². The van der Waals surface area contributed by atoms with Crippen LogP contribution in [-0.4, -0.2) is 17.8 Å². The number of nitrogens with two attached hydrogens (primary N) is 1. The maximum atomic E-state index is 9.76. The third-order valence-electron chi connectivity index (χ3n) is 3.06. The summed E-state index contributed by atoms with van der Waals surface area (Å²) >= 11 is 0. The zero-order chi connectivity index (χ0) is 13.9. The number of aryl methyl sites for hydroxylation is 1. The molecule has 0 fully saturated rings. The molecule has 19 heavy (non-hydrogen) atoms. The summed E-state index contributed by atoms with van der Waals surface area (Å²) in [5.74, 6) is 5.98. The Morgan fingerprint density at radius 2 is 2.11 bits per heavy atom. The molecule has 1 aromatic carbocycles. The van der Waals surface area contributed by atoms with Crippen LogP contribution in [0.3, 0.4) is 0 Å². The summed E-state index contributed by atoms with van der Waals surface area (Å²) in [6, 6.07) is 8.18. The van der Waals surface area contributed by atoms with Crippen molar-refractivity contribution < 1.29 is 5.11 Å². The fraction of sp³-hybridized carbons (Fsp3) is 0.529. The molecule has 0 aliphatic rings. The average Bonchev–Trinajstić information content (AvgIpc) is 2.44. The SMILES string of the molecule is CCCCC[C@H](O)C#Cc1cccc(CCCN)c1. The van der Waals surface area contributed by atoms with E-state index in [1.54, 1.807) is 0 Å². The van der Waals surface area contributed by atoms with Crippen LogP contribution in [0, 0.1) is 11.8 Å². The van der Waals surface area contributed by atoms with E-state index in [4.69, 9.17) is 5.73 Å². The molecule has 1 rings (SSSR count). The van der Waals surface area contributed by atoms with E-state index in [1.807, 2.05) is 12.1 Å². The lowest BCUT2D eigenvalue weighted by Crippen LogP contribution is -2.02. The van der Waals surface area contributed by atoms with Crippen molar-refractivity contribution in [2.24, 2.45) is 5.73 Å². The van der Waals surface area contributed by atoms with Crippen molar-refractivity contribution in [3.63, 3.8) is 0 Å². The molecule has 0 unspecified atom stereocenters. The molecular weight excluding hydrogens is 234 g/mol. The number of rotatable bonds is 7. The lowest BCUT2D eigenvalue weighted by atomic mass is 10.1. The minimum atomic E-state index is -0.501. The molecule has 0 saturated heterocycles. The molecule has 0 radical (unpaired) electrons. The van der Waals surface area contributed by atoms with Gasteiger partial charge in [0.25, 0.3) is 0 Å². The van der Waals surface area contributed by atoms with E-state index in [-0.39, 0.29) is 0 Å². The minimum absolute atomic E-state index is 0.501. The topological polar surface area (TPSA) is 46.2 Å². The maximum absolute atomic E-state index is 9.76. The highest BCUT2D eigenvalue weighted by atomic mass is 16.3. The summed E-state index contributed by atoms with van der Waals surface area (Å²) in [6.07, 6.45) is 5.63. The van der Waals surface area contributed by atoms with Gasteiger partial charge < -0.3 is 10.8 Å². The standard InChI is InChI=1S/C17H25NO/c1-2-3-4-10-17(19)12-11-16-8-5-7-15(14-16)9-6-13-18/h5,7-8,14,17,19H,2-4,6,9-10,13,18H2,1H3/t17-/m0/s1. The van der Waals surface area contributed by atoms with E-state index in [0.717, 1.165) is 37.7 Å². The van der Waals surface area contributed by atoms with E-state index in [0.29, 0.717) is 6.54 Å².